The lowest BCUT2D eigenvalue weighted by Gasteiger charge is -2.05. The molecule has 1 atom stereocenters. The summed E-state index contributed by atoms with van der Waals surface area (Å²) < 4.78 is 0. The first kappa shape index (κ1) is 11.4. The molecule has 0 aliphatic carbocycles. The number of hydrogen-bond donors (Lipinski definition) is 0. The molecule has 1 aromatic heterocycles. The first-order valence-electron chi connectivity index (χ1n) is 4.54. The molecule has 74 valence electrons. The summed E-state index contributed by atoms with van der Waals surface area (Å²) in [6, 6.07) is 0. The molecule has 1 aromatic rings. The number of aromatic nitrogens is 1. The molecule has 13 heavy (non-hydrogen) atoms. The number of halogens is 1. The summed E-state index contributed by atoms with van der Waals surface area (Å²) in [6.07, 6.45) is 4.64. The van der Waals surface area contributed by atoms with E-state index in [0.29, 0.717) is 0 Å². The molecule has 1 heterocycles. The van der Waals surface area contributed by atoms with Gasteiger partial charge in [0.15, 0.2) is 0 Å². The minimum atomic E-state index is -0.333. The molecule has 0 aliphatic heterocycles. The van der Waals surface area contributed by atoms with Crippen LogP contribution in [0.15, 0.2) is 5.38 Å². The molecule has 1 unspecified atom stereocenters. The second kappa shape index (κ2) is 5.95. The van der Waals surface area contributed by atoms with Crippen LogP contribution in [0.5, 0.6) is 0 Å². The third-order valence-corrected chi connectivity index (χ3v) is 4.91. The maximum absolute atomic E-state index is 6.23. The van der Waals surface area contributed by atoms with E-state index in [4.69, 9.17) is 11.2 Å². The van der Waals surface area contributed by atoms with Crippen LogP contribution >= 0.6 is 29.9 Å². The van der Waals surface area contributed by atoms with Crippen molar-refractivity contribution >= 4 is 29.9 Å². The fourth-order valence-corrected chi connectivity index (χ4v) is 3.86. The van der Waals surface area contributed by atoms with E-state index in [9.17, 15) is 0 Å². The van der Waals surface area contributed by atoms with Gasteiger partial charge in [-0.25, -0.2) is 4.98 Å². The van der Waals surface area contributed by atoms with Gasteiger partial charge in [0.2, 0.25) is 0 Å². The Bertz CT molecular complexity index is 252. The molecule has 0 aliphatic rings. The molecular weight excluding hydrogens is 221 g/mol. The van der Waals surface area contributed by atoms with Crippen molar-refractivity contribution in [3.05, 3.63) is 16.1 Å². The van der Waals surface area contributed by atoms with Crippen LogP contribution in [0.25, 0.3) is 0 Å². The molecule has 0 saturated heterocycles. The van der Waals surface area contributed by atoms with Gasteiger partial charge < -0.3 is 0 Å². The molecule has 0 radical (unpaired) electrons. The molecule has 4 heteroatoms. The highest BCUT2D eigenvalue weighted by Gasteiger charge is 2.07. The predicted molar refractivity (Wildman–Crippen MR) is 63.1 cm³/mol. The van der Waals surface area contributed by atoms with Crippen molar-refractivity contribution in [2.75, 3.05) is 6.16 Å². The number of aryl methyl sites for hydroxylation is 1. The summed E-state index contributed by atoms with van der Waals surface area (Å²) in [5, 5.41) is 3.27. The Balaban J connectivity index is 2.31. The number of hydrogen-bond acceptors (Lipinski definition) is 2. The van der Waals surface area contributed by atoms with Gasteiger partial charge in [-0.15, -0.1) is 11.3 Å². The van der Waals surface area contributed by atoms with Crippen molar-refractivity contribution in [2.24, 2.45) is 0 Å². The van der Waals surface area contributed by atoms with Crippen LogP contribution in [-0.4, -0.2) is 11.1 Å². The quantitative estimate of drug-likeness (QED) is 0.690. The summed E-state index contributed by atoms with van der Waals surface area (Å²) in [6.45, 7) is 4.24. The zero-order valence-corrected chi connectivity index (χ0v) is 10.6. The fraction of sp³-hybridized carbons (Fsp3) is 0.667. The third kappa shape index (κ3) is 4.39. The van der Waals surface area contributed by atoms with Crippen molar-refractivity contribution < 1.29 is 0 Å². The molecule has 0 fully saturated rings. The van der Waals surface area contributed by atoms with Crippen molar-refractivity contribution in [2.45, 2.75) is 32.9 Å². The van der Waals surface area contributed by atoms with Crippen LogP contribution in [0.2, 0.25) is 0 Å². The van der Waals surface area contributed by atoms with Gasteiger partial charge >= 0.3 is 0 Å². The van der Waals surface area contributed by atoms with E-state index in [0.717, 1.165) is 11.2 Å². The molecule has 0 bridgehead atoms. The number of unbranched alkanes of at least 4 members (excludes halogenated alkanes) is 1. The van der Waals surface area contributed by atoms with E-state index in [1.54, 1.807) is 11.3 Å². The van der Waals surface area contributed by atoms with Crippen LogP contribution in [0.4, 0.5) is 0 Å². The van der Waals surface area contributed by atoms with Crippen LogP contribution in [0.3, 0.4) is 0 Å². The molecular formula is C9H15ClNPS. The molecule has 1 nitrogen and oxygen atoms in total. The van der Waals surface area contributed by atoms with Gasteiger partial charge in [-0.05, 0) is 26.8 Å². The van der Waals surface area contributed by atoms with Gasteiger partial charge in [0.25, 0.3) is 0 Å². The van der Waals surface area contributed by atoms with Gasteiger partial charge in [-0.1, -0.05) is 24.6 Å². The molecule has 0 saturated carbocycles. The Morgan fingerprint density at radius 1 is 1.62 bits per heavy atom. The Hall–Kier alpha value is 0.350. The highest BCUT2D eigenvalue weighted by atomic mass is 35.7. The van der Waals surface area contributed by atoms with Gasteiger partial charge in [-0.2, -0.15) is 0 Å². The smallest absolute Gasteiger partial charge is 0.0897 e. The minimum absolute atomic E-state index is 0.333. The first-order chi connectivity index (χ1) is 6.22. The maximum atomic E-state index is 6.23. The van der Waals surface area contributed by atoms with Crippen molar-refractivity contribution in [1.82, 2.24) is 4.98 Å². The number of rotatable bonds is 5. The van der Waals surface area contributed by atoms with E-state index >= 15 is 0 Å². The standard InChI is InChI=1S/C9H15ClNPS/c1-3-4-5-12(10)6-9-7-13-8(2)11-9/h7H,3-6H2,1-2H3. The monoisotopic (exact) mass is 235 g/mol. The summed E-state index contributed by atoms with van der Waals surface area (Å²) in [5.74, 6) is 0. The van der Waals surface area contributed by atoms with E-state index < -0.39 is 0 Å². The molecule has 1 rings (SSSR count). The average molecular weight is 236 g/mol. The Kier molecular flexibility index (Phi) is 5.23. The molecule has 0 amide bonds. The summed E-state index contributed by atoms with van der Waals surface area (Å²) in [7, 11) is -0.333. The summed E-state index contributed by atoms with van der Waals surface area (Å²) in [5.41, 5.74) is 1.18. The lowest BCUT2D eigenvalue weighted by molar-refractivity contribution is 0.891. The predicted octanol–water partition coefficient (Wildman–Crippen LogP) is 4.39. The van der Waals surface area contributed by atoms with E-state index in [1.807, 2.05) is 6.92 Å². The van der Waals surface area contributed by atoms with Gasteiger partial charge in [0, 0.05) is 11.5 Å². The number of thiazole rings is 1. The molecule has 0 aromatic carbocycles. The summed E-state index contributed by atoms with van der Waals surface area (Å²) >= 11 is 7.94. The second-order valence-electron chi connectivity index (χ2n) is 3.06. The lowest BCUT2D eigenvalue weighted by Crippen LogP contribution is -1.85. The normalized spacial score (nSPS) is 13.2. The zero-order valence-electron chi connectivity index (χ0n) is 8.09. The molecule has 0 N–H and O–H groups in total. The SMILES string of the molecule is CCCCP(Cl)Cc1csc(C)n1. The fourth-order valence-electron chi connectivity index (χ4n) is 1.07. The van der Waals surface area contributed by atoms with Gasteiger partial charge in [-0.3, -0.25) is 0 Å². The van der Waals surface area contributed by atoms with Crippen LogP contribution in [0, 0.1) is 6.92 Å². The average Bonchev–Trinajstić information content (AvgIpc) is 2.48. The molecule has 0 spiro atoms. The maximum Gasteiger partial charge on any atom is 0.0897 e. The Morgan fingerprint density at radius 3 is 2.92 bits per heavy atom. The summed E-state index contributed by atoms with van der Waals surface area (Å²) in [4.78, 5) is 4.41. The van der Waals surface area contributed by atoms with Crippen LogP contribution in [0.1, 0.15) is 30.5 Å². The zero-order chi connectivity index (χ0) is 9.68. The topological polar surface area (TPSA) is 12.9 Å². The highest BCUT2D eigenvalue weighted by Crippen LogP contribution is 2.45. The van der Waals surface area contributed by atoms with E-state index in [1.165, 1.54) is 24.7 Å². The van der Waals surface area contributed by atoms with Crippen molar-refractivity contribution in [3.8, 4) is 0 Å². The van der Waals surface area contributed by atoms with Crippen LogP contribution in [-0.2, 0) is 6.16 Å². The lowest BCUT2D eigenvalue weighted by atomic mass is 10.4. The van der Waals surface area contributed by atoms with E-state index in [-0.39, 0.29) is 7.27 Å². The van der Waals surface area contributed by atoms with Gasteiger partial charge in [0.1, 0.15) is 0 Å². The van der Waals surface area contributed by atoms with E-state index in [2.05, 4.69) is 17.3 Å². The largest absolute Gasteiger partial charge is 0.246 e. The second-order valence-corrected chi connectivity index (χ2v) is 7.24. The first-order valence-corrected chi connectivity index (χ1v) is 8.03. The minimum Gasteiger partial charge on any atom is -0.246 e. The Labute approximate surface area is 90.1 Å². The van der Waals surface area contributed by atoms with Crippen LogP contribution < -0.4 is 0 Å². The third-order valence-electron chi connectivity index (χ3n) is 1.75. The Morgan fingerprint density at radius 2 is 2.38 bits per heavy atom. The number of nitrogens with zero attached hydrogens (tertiary/aromatic N) is 1. The van der Waals surface area contributed by atoms with Crippen molar-refractivity contribution in [1.29, 1.82) is 0 Å². The highest BCUT2D eigenvalue weighted by molar-refractivity contribution is 7.83. The van der Waals surface area contributed by atoms with Gasteiger partial charge in [0.05, 0.1) is 10.7 Å². The van der Waals surface area contributed by atoms with Crippen molar-refractivity contribution in [3.63, 3.8) is 0 Å².